The number of pyridine rings is 1. The molecule has 3 aromatic rings. The summed E-state index contributed by atoms with van der Waals surface area (Å²) < 4.78 is 1.72. The Balaban J connectivity index is 2.73. The highest BCUT2D eigenvalue weighted by Crippen LogP contribution is 2.07. The summed E-state index contributed by atoms with van der Waals surface area (Å²) in [6, 6.07) is 3.70. The molecule has 3 rings (SSSR count). The summed E-state index contributed by atoms with van der Waals surface area (Å²) in [6.07, 6.45) is 4.98. The standard InChI is InChI=1S/C9H6N4O/c14-9-8-11-4-5-13(8)6-2-1-3-10-7(6)12-9/h1-5H,(H,10,12,14). The molecule has 0 saturated carbocycles. The zero-order chi connectivity index (χ0) is 9.54. The molecule has 0 aliphatic rings. The van der Waals surface area contributed by atoms with Crippen LogP contribution < -0.4 is 5.56 Å². The quantitative estimate of drug-likeness (QED) is 0.558. The van der Waals surface area contributed by atoms with Gasteiger partial charge < -0.3 is 4.98 Å². The maximum absolute atomic E-state index is 11.5. The average molecular weight is 186 g/mol. The maximum atomic E-state index is 11.5. The number of imidazole rings is 1. The molecule has 0 aliphatic carbocycles. The highest BCUT2D eigenvalue weighted by molar-refractivity contribution is 5.72. The SMILES string of the molecule is O=c1[nH]c2ncccc2n2ccnc12. The van der Waals surface area contributed by atoms with E-state index in [1.54, 1.807) is 23.0 Å². The largest absolute Gasteiger partial charge is 0.302 e. The van der Waals surface area contributed by atoms with Crippen LogP contribution >= 0.6 is 0 Å². The third kappa shape index (κ3) is 0.806. The van der Waals surface area contributed by atoms with E-state index in [0.717, 1.165) is 5.52 Å². The summed E-state index contributed by atoms with van der Waals surface area (Å²) in [7, 11) is 0. The third-order valence-corrected chi connectivity index (χ3v) is 2.12. The molecule has 0 unspecified atom stereocenters. The predicted octanol–water partition coefficient (Wildman–Crippen LogP) is 0.571. The van der Waals surface area contributed by atoms with Crippen molar-refractivity contribution < 1.29 is 0 Å². The molecule has 5 nitrogen and oxygen atoms in total. The molecule has 3 aromatic heterocycles. The molecule has 0 atom stereocenters. The first kappa shape index (κ1) is 7.25. The molecule has 3 heterocycles. The van der Waals surface area contributed by atoms with E-state index in [0.29, 0.717) is 11.3 Å². The number of nitrogens with one attached hydrogen (secondary N) is 1. The lowest BCUT2D eigenvalue weighted by Crippen LogP contribution is -2.11. The zero-order valence-corrected chi connectivity index (χ0v) is 7.14. The Morgan fingerprint density at radius 1 is 1.29 bits per heavy atom. The van der Waals surface area contributed by atoms with E-state index in [1.807, 2.05) is 12.1 Å². The van der Waals surface area contributed by atoms with Crippen molar-refractivity contribution >= 4 is 16.8 Å². The van der Waals surface area contributed by atoms with Gasteiger partial charge in [-0.05, 0) is 12.1 Å². The van der Waals surface area contributed by atoms with Crippen LogP contribution in [0.1, 0.15) is 0 Å². The molecule has 0 spiro atoms. The number of aromatic amines is 1. The summed E-state index contributed by atoms with van der Waals surface area (Å²) in [5.74, 6) is 0. The van der Waals surface area contributed by atoms with Gasteiger partial charge >= 0.3 is 0 Å². The van der Waals surface area contributed by atoms with Crippen molar-refractivity contribution in [1.82, 2.24) is 19.4 Å². The Morgan fingerprint density at radius 2 is 2.21 bits per heavy atom. The second kappa shape index (κ2) is 2.41. The molecular weight excluding hydrogens is 180 g/mol. The fourth-order valence-corrected chi connectivity index (χ4v) is 1.52. The Kier molecular flexibility index (Phi) is 1.25. The lowest BCUT2D eigenvalue weighted by atomic mass is 10.4. The van der Waals surface area contributed by atoms with Gasteiger partial charge in [0.15, 0.2) is 5.65 Å². The van der Waals surface area contributed by atoms with Crippen LogP contribution in [0.25, 0.3) is 16.8 Å². The molecule has 0 radical (unpaired) electrons. The molecule has 5 heteroatoms. The van der Waals surface area contributed by atoms with Crippen molar-refractivity contribution in [2.24, 2.45) is 0 Å². The summed E-state index contributed by atoms with van der Waals surface area (Å²) >= 11 is 0. The fraction of sp³-hybridized carbons (Fsp3) is 0. The monoisotopic (exact) mass is 186 g/mol. The van der Waals surface area contributed by atoms with Gasteiger partial charge in [0.2, 0.25) is 5.65 Å². The number of rotatable bonds is 0. The molecule has 0 aliphatic heterocycles. The van der Waals surface area contributed by atoms with Crippen LogP contribution in [0.4, 0.5) is 0 Å². The van der Waals surface area contributed by atoms with E-state index in [2.05, 4.69) is 15.0 Å². The van der Waals surface area contributed by atoms with Gasteiger partial charge in [0.05, 0.1) is 5.52 Å². The third-order valence-electron chi connectivity index (χ3n) is 2.12. The Morgan fingerprint density at radius 3 is 3.14 bits per heavy atom. The van der Waals surface area contributed by atoms with Crippen molar-refractivity contribution in [3.63, 3.8) is 0 Å². The van der Waals surface area contributed by atoms with E-state index in [9.17, 15) is 4.79 Å². The lowest BCUT2D eigenvalue weighted by molar-refractivity contribution is 1.13. The van der Waals surface area contributed by atoms with Crippen molar-refractivity contribution in [1.29, 1.82) is 0 Å². The van der Waals surface area contributed by atoms with Gasteiger partial charge in [0.25, 0.3) is 5.56 Å². The molecule has 0 saturated heterocycles. The molecule has 14 heavy (non-hydrogen) atoms. The predicted molar refractivity (Wildman–Crippen MR) is 51.1 cm³/mol. The van der Waals surface area contributed by atoms with E-state index in [4.69, 9.17) is 0 Å². The highest BCUT2D eigenvalue weighted by Gasteiger charge is 2.04. The van der Waals surface area contributed by atoms with Gasteiger partial charge in [-0.15, -0.1) is 0 Å². The van der Waals surface area contributed by atoms with Crippen LogP contribution in [0.15, 0.2) is 35.5 Å². The fourth-order valence-electron chi connectivity index (χ4n) is 1.52. The van der Waals surface area contributed by atoms with Gasteiger partial charge in [-0.3, -0.25) is 9.20 Å². The molecular formula is C9H6N4O. The Hall–Kier alpha value is -2.17. The molecule has 1 N–H and O–H groups in total. The molecule has 0 amide bonds. The van der Waals surface area contributed by atoms with E-state index in [-0.39, 0.29) is 5.56 Å². The van der Waals surface area contributed by atoms with E-state index in [1.165, 1.54) is 0 Å². The average Bonchev–Trinajstić information content (AvgIpc) is 2.67. The van der Waals surface area contributed by atoms with Crippen LogP contribution in [0.2, 0.25) is 0 Å². The van der Waals surface area contributed by atoms with E-state index >= 15 is 0 Å². The molecule has 68 valence electrons. The first-order valence-electron chi connectivity index (χ1n) is 4.16. The number of hydrogen-bond acceptors (Lipinski definition) is 3. The molecule has 0 fully saturated rings. The van der Waals surface area contributed by atoms with Crippen LogP contribution in [0, 0.1) is 0 Å². The first-order chi connectivity index (χ1) is 6.86. The normalized spacial score (nSPS) is 11.1. The van der Waals surface area contributed by atoms with E-state index < -0.39 is 0 Å². The van der Waals surface area contributed by atoms with Crippen molar-refractivity contribution in [3.05, 3.63) is 41.1 Å². The minimum atomic E-state index is -0.221. The van der Waals surface area contributed by atoms with Crippen LogP contribution in [0.5, 0.6) is 0 Å². The number of hydrogen-bond donors (Lipinski definition) is 1. The minimum Gasteiger partial charge on any atom is -0.302 e. The number of aromatic nitrogens is 4. The van der Waals surface area contributed by atoms with Crippen molar-refractivity contribution in [2.75, 3.05) is 0 Å². The Bertz CT molecular complexity index is 667. The zero-order valence-electron chi connectivity index (χ0n) is 7.14. The summed E-state index contributed by atoms with van der Waals surface area (Å²) in [5, 5.41) is 0. The summed E-state index contributed by atoms with van der Waals surface area (Å²) in [4.78, 5) is 22.2. The molecule has 0 aromatic carbocycles. The second-order valence-electron chi connectivity index (χ2n) is 2.95. The summed E-state index contributed by atoms with van der Waals surface area (Å²) in [6.45, 7) is 0. The number of fused-ring (bicyclic) bond motifs is 3. The van der Waals surface area contributed by atoms with Crippen LogP contribution in [-0.4, -0.2) is 19.4 Å². The van der Waals surface area contributed by atoms with Gasteiger partial charge in [-0.1, -0.05) is 0 Å². The van der Waals surface area contributed by atoms with Crippen LogP contribution in [-0.2, 0) is 0 Å². The number of nitrogens with zero attached hydrogens (tertiary/aromatic N) is 3. The maximum Gasteiger partial charge on any atom is 0.293 e. The minimum absolute atomic E-state index is 0.221. The first-order valence-corrected chi connectivity index (χ1v) is 4.16. The van der Waals surface area contributed by atoms with Crippen molar-refractivity contribution in [2.45, 2.75) is 0 Å². The van der Waals surface area contributed by atoms with Crippen LogP contribution in [0.3, 0.4) is 0 Å². The van der Waals surface area contributed by atoms with Gasteiger partial charge in [0.1, 0.15) is 0 Å². The smallest absolute Gasteiger partial charge is 0.293 e. The van der Waals surface area contributed by atoms with Gasteiger partial charge in [-0.25, -0.2) is 9.97 Å². The van der Waals surface area contributed by atoms with Crippen molar-refractivity contribution in [3.8, 4) is 0 Å². The molecule has 0 bridgehead atoms. The number of H-pyrrole nitrogens is 1. The Labute approximate surface area is 78.1 Å². The second-order valence-corrected chi connectivity index (χ2v) is 2.95. The lowest BCUT2D eigenvalue weighted by Gasteiger charge is -1.98. The van der Waals surface area contributed by atoms with Gasteiger partial charge in [0, 0.05) is 18.6 Å². The van der Waals surface area contributed by atoms with Gasteiger partial charge in [-0.2, -0.15) is 0 Å². The topological polar surface area (TPSA) is 63.0 Å². The highest BCUT2D eigenvalue weighted by atomic mass is 16.1. The summed E-state index contributed by atoms with van der Waals surface area (Å²) in [5.41, 5.74) is 1.59.